The molecule has 2 nitrogen and oxygen atoms in total. The highest BCUT2D eigenvalue weighted by Crippen LogP contribution is 2.19. The summed E-state index contributed by atoms with van der Waals surface area (Å²) in [5.41, 5.74) is 2.46. The lowest BCUT2D eigenvalue weighted by Crippen LogP contribution is -2.10. The van der Waals surface area contributed by atoms with E-state index < -0.39 is 0 Å². The minimum absolute atomic E-state index is 0.236. The van der Waals surface area contributed by atoms with Gasteiger partial charge in [0.15, 0.2) is 0 Å². The van der Waals surface area contributed by atoms with Gasteiger partial charge >= 0.3 is 0 Å². The van der Waals surface area contributed by atoms with Gasteiger partial charge in [-0.1, -0.05) is 48.5 Å². The first kappa shape index (κ1) is 14.6. The molecule has 2 aromatic rings. The van der Waals surface area contributed by atoms with E-state index in [2.05, 4.69) is 31.2 Å². The Balaban J connectivity index is 1.79. The predicted molar refractivity (Wildman–Crippen MR) is 82.0 cm³/mol. The maximum absolute atomic E-state index is 5.91. The zero-order valence-electron chi connectivity index (χ0n) is 12.2. The molecule has 0 aliphatic heterocycles. The standard InChI is InChI=1S/C18H22O2/c1-15(12-13-16-8-4-3-5-9-16)20-14-17-10-6-7-11-18(17)19-2/h3-11,15H,12-14H2,1-2H3. The van der Waals surface area contributed by atoms with Gasteiger partial charge in [-0.15, -0.1) is 0 Å². The number of para-hydroxylation sites is 1. The van der Waals surface area contributed by atoms with Gasteiger partial charge in [0.05, 0.1) is 19.8 Å². The van der Waals surface area contributed by atoms with Crippen LogP contribution in [0.3, 0.4) is 0 Å². The molecule has 0 N–H and O–H groups in total. The average molecular weight is 270 g/mol. The molecule has 0 spiro atoms. The second-order valence-corrected chi connectivity index (χ2v) is 4.96. The first-order chi connectivity index (χ1) is 9.79. The normalized spacial score (nSPS) is 12.1. The monoisotopic (exact) mass is 270 g/mol. The molecule has 0 heterocycles. The lowest BCUT2D eigenvalue weighted by molar-refractivity contribution is 0.0467. The zero-order chi connectivity index (χ0) is 14.2. The second-order valence-electron chi connectivity index (χ2n) is 4.96. The molecular formula is C18H22O2. The molecule has 1 atom stereocenters. The van der Waals surface area contributed by atoms with Crippen molar-refractivity contribution < 1.29 is 9.47 Å². The first-order valence-corrected chi connectivity index (χ1v) is 7.07. The third-order valence-corrected chi connectivity index (χ3v) is 3.40. The summed E-state index contributed by atoms with van der Waals surface area (Å²) >= 11 is 0. The molecule has 106 valence electrons. The molecule has 0 amide bonds. The smallest absolute Gasteiger partial charge is 0.124 e. The molecule has 0 aromatic heterocycles. The highest BCUT2D eigenvalue weighted by Gasteiger charge is 2.06. The van der Waals surface area contributed by atoms with Crippen molar-refractivity contribution in [3.8, 4) is 5.75 Å². The van der Waals surface area contributed by atoms with Gasteiger partial charge in [0, 0.05) is 5.56 Å². The number of methoxy groups -OCH3 is 1. The molecule has 0 fully saturated rings. The van der Waals surface area contributed by atoms with Crippen LogP contribution < -0.4 is 4.74 Å². The van der Waals surface area contributed by atoms with Crippen molar-refractivity contribution in [2.45, 2.75) is 32.5 Å². The van der Waals surface area contributed by atoms with Gasteiger partial charge in [-0.05, 0) is 31.4 Å². The summed E-state index contributed by atoms with van der Waals surface area (Å²) in [5, 5.41) is 0. The molecule has 0 saturated heterocycles. The number of aryl methyl sites for hydroxylation is 1. The lowest BCUT2D eigenvalue weighted by atomic mass is 10.1. The van der Waals surface area contributed by atoms with Crippen LogP contribution in [-0.2, 0) is 17.8 Å². The van der Waals surface area contributed by atoms with Crippen molar-refractivity contribution in [1.82, 2.24) is 0 Å². The predicted octanol–water partition coefficient (Wildman–Crippen LogP) is 4.23. The average Bonchev–Trinajstić information content (AvgIpc) is 2.52. The molecule has 2 aromatic carbocycles. The largest absolute Gasteiger partial charge is 0.496 e. The molecule has 2 rings (SSSR count). The minimum atomic E-state index is 0.236. The van der Waals surface area contributed by atoms with Crippen LogP contribution in [0.2, 0.25) is 0 Å². The summed E-state index contributed by atoms with van der Waals surface area (Å²) in [4.78, 5) is 0. The molecule has 0 aliphatic carbocycles. The highest BCUT2D eigenvalue weighted by molar-refractivity contribution is 5.32. The fourth-order valence-corrected chi connectivity index (χ4v) is 2.15. The lowest BCUT2D eigenvalue weighted by Gasteiger charge is -2.14. The Bertz CT molecular complexity index is 508. The quantitative estimate of drug-likeness (QED) is 0.749. The number of hydrogen-bond donors (Lipinski definition) is 0. The van der Waals surface area contributed by atoms with Crippen LogP contribution in [0.15, 0.2) is 54.6 Å². The number of ether oxygens (including phenoxy) is 2. The van der Waals surface area contributed by atoms with Crippen LogP contribution in [-0.4, -0.2) is 13.2 Å². The SMILES string of the molecule is COc1ccccc1COC(C)CCc1ccccc1. The van der Waals surface area contributed by atoms with E-state index in [0.29, 0.717) is 6.61 Å². The van der Waals surface area contributed by atoms with Crippen molar-refractivity contribution in [2.75, 3.05) is 7.11 Å². The van der Waals surface area contributed by atoms with Crippen molar-refractivity contribution in [2.24, 2.45) is 0 Å². The van der Waals surface area contributed by atoms with Crippen LogP contribution >= 0.6 is 0 Å². The molecule has 0 radical (unpaired) electrons. The Morgan fingerprint density at radius 3 is 2.40 bits per heavy atom. The third-order valence-electron chi connectivity index (χ3n) is 3.40. The number of hydrogen-bond acceptors (Lipinski definition) is 2. The van der Waals surface area contributed by atoms with Crippen LogP contribution in [0.1, 0.15) is 24.5 Å². The third kappa shape index (κ3) is 4.39. The van der Waals surface area contributed by atoms with Crippen molar-refractivity contribution in [3.05, 3.63) is 65.7 Å². The Kier molecular flexibility index (Phi) is 5.63. The summed E-state index contributed by atoms with van der Waals surface area (Å²) in [7, 11) is 1.69. The van der Waals surface area contributed by atoms with Crippen LogP contribution in [0, 0.1) is 0 Å². The molecular weight excluding hydrogens is 248 g/mol. The molecule has 0 aliphatic rings. The summed E-state index contributed by atoms with van der Waals surface area (Å²) in [6, 6.07) is 18.5. The number of benzene rings is 2. The van der Waals surface area contributed by atoms with E-state index in [1.54, 1.807) is 7.11 Å². The van der Waals surface area contributed by atoms with Crippen LogP contribution in [0.5, 0.6) is 5.75 Å². The minimum Gasteiger partial charge on any atom is -0.496 e. The molecule has 0 bridgehead atoms. The Labute approximate surface area is 121 Å². The van der Waals surface area contributed by atoms with Gasteiger partial charge in [0.1, 0.15) is 5.75 Å². The Morgan fingerprint density at radius 1 is 0.950 bits per heavy atom. The van der Waals surface area contributed by atoms with Crippen molar-refractivity contribution >= 4 is 0 Å². The van der Waals surface area contributed by atoms with E-state index >= 15 is 0 Å². The number of rotatable bonds is 7. The molecule has 2 heteroatoms. The zero-order valence-corrected chi connectivity index (χ0v) is 12.2. The summed E-state index contributed by atoms with van der Waals surface area (Å²) < 4.78 is 11.2. The van der Waals surface area contributed by atoms with Crippen LogP contribution in [0.25, 0.3) is 0 Å². The van der Waals surface area contributed by atoms with Crippen molar-refractivity contribution in [1.29, 1.82) is 0 Å². The molecule has 0 saturated carbocycles. The Hall–Kier alpha value is -1.80. The summed E-state index contributed by atoms with van der Waals surface area (Å²) in [5.74, 6) is 0.891. The van der Waals surface area contributed by atoms with Gasteiger partial charge in [-0.25, -0.2) is 0 Å². The molecule has 1 unspecified atom stereocenters. The fraction of sp³-hybridized carbons (Fsp3) is 0.333. The van der Waals surface area contributed by atoms with Gasteiger partial charge in [0.25, 0.3) is 0 Å². The van der Waals surface area contributed by atoms with Crippen LogP contribution in [0.4, 0.5) is 0 Å². The van der Waals surface area contributed by atoms with Gasteiger partial charge in [0.2, 0.25) is 0 Å². The maximum Gasteiger partial charge on any atom is 0.124 e. The second kappa shape index (κ2) is 7.71. The van der Waals surface area contributed by atoms with Crippen molar-refractivity contribution in [3.63, 3.8) is 0 Å². The van der Waals surface area contributed by atoms with Gasteiger partial charge < -0.3 is 9.47 Å². The van der Waals surface area contributed by atoms with Gasteiger partial charge in [-0.3, -0.25) is 0 Å². The van der Waals surface area contributed by atoms with E-state index in [-0.39, 0.29) is 6.10 Å². The topological polar surface area (TPSA) is 18.5 Å². The highest BCUT2D eigenvalue weighted by atomic mass is 16.5. The summed E-state index contributed by atoms with van der Waals surface area (Å²) in [6.45, 7) is 2.72. The maximum atomic E-state index is 5.91. The Morgan fingerprint density at radius 2 is 1.65 bits per heavy atom. The first-order valence-electron chi connectivity index (χ1n) is 7.07. The summed E-state index contributed by atoms with van der Waals surface area (Å²) in [6.07, 6.45) is 2.31. The van der Waals surface area contributed by atoms with E-state index in [0.717, 1.165) is 24.2 Å². The van der Waals surface area contributed by atoms with E-state index in [1.807, 2.05) is 30.3 Å². The fourth-order valence-electron chi connectivity index (χ4n) is 2.15. The van der Waals surface area contributed by atoms with E-state index in [9.17, 15) is 0 Å². The van der Waals surface area contributed by atoms with E-state index in [1.165, 1.54) is 5.56 Å². The van der Waals surface area contributed by atoms with Gasteiger partial charge in [-0.2, -0.15) is 0 Å². The molecule has 20 heavy (non-hydrogen) atoms. The van der Waals surface area contributed by atoms with E-state index in [4.69, 9.17) is 9.47 Å².